The average Bonchev–Trinajstić information content (AvgIpc) is 2.26. The normalized spacial score (nSPS) is 17.6. The van der Waals surface area contributed by atoms with Crippen LogP contribution in [0.25, 0.3) is 0 Å². The first-order valence-electron chi connectivity index (χ1n) is 6.25. The van der Waals surface area contributed by atoms with Gasteiger partial charge in [0.15, 0.2) is 0 Å². The second-order valence-electron chi connectivity index (χ2n) is 5.56. The second-order valence-corrected chi connectivity index (χ2v) is 5.56. The lowest BCUT2D eigenvalue weighted by Gasteiger charge is -2.36. The number of rotatable bonds is 4. The maximum atomic E-state index is 10.4. The lowest BCUT2D eigenvalue weighted by molar-refractivity contribution is -0.125. The molecule has 2 atom stereocenters. The van der Waals surface area contributed by atoms with Crippen molar-refractivity contribution in [3.05, 3.63) is 35.4 Å². The first kappa shape index (κ1) is 14.2. The first-order valence-corrected chi connectivity index (χ1v) is 6.25. The van der Waals surface area contributed by atoms with Gasteiger partial charge in [0.25, 0.3) is 0 Å². The molecule has 0 saturated heterocycles. The molecule has 2 nitrogen and oxygen atoms in total. The van der Waals surface area contributed by atoms with Crippen molar-refractivity contribution in [1.29, 1.82) is 0 Å². The zero-order valence-electron chi connectivity index (χ0n) is 11.5. The molecule has 2 N–H and O–H groups in total. The summed E-state index contributed by atoms with van der Waals surface area (Å²) >= 11 is 0. The fourth-order valence-corrected chi connectivity index (χ4v) is 1.73. The van der Waals surface area contributed by atoms with Gasteiger partial charge < -0.3 is 10.2 Å². The molecule has 17 heavy (non-hydrogen) atoms. The minimum Gasteiger partial charge on any atom is -0.387 e. The third kappa shape index (κ3) is 2.88. The maximum Gasteiger partial charge on any atom is 0.115 e. The summed E-state index contributed by atoms with van der Waals surface area (Å²) < 4.78 is 0. The van der Waals surface area contributed by atoms with Crippen LogP contribution in [0.5, 0.6) is 0 Å². The molecule has 96 valence electrons. The molecule has 0 spiro atoms. The predicted octanol–water partition coefficient (Wildman–Crippen LogP) is 3.18. The number of hydrogen-bond donors (Lipinski definition) is 2. The molecule has 1 aromatic rings. The van der Waals surface area contributed by atoms with Crippen molar-refractivity contribution in [1.82, 2.24) is 0 Å². The van der Waals surface area contributed by atoms with Gasteiger partial charge in [-0.1, -0.05) is 38.1 Å². The molecule has 1 rings (SSSR count). The number of hydrogen-bond acceptors (Lipinski definition) is 2. The van der Waals surface area contributed by atoms with Crippen LogP contribution in [0.2, 0.25) is 0 Å². The Morgan fingerprint density at radius 2 is 1.53 bits per heavy atom. The number of aliphatic hydroxyl groups is 2. The van der Waals surface area contributed by atoms with Crippen molar-refractivity contribution in [3.8, 4) is 0 Å². The highest BCUT2D eigenvalue weighted by molar-refractivity contribution is 5.30. The molecular formula is C15H24O2. The van der Waals surface area contributed by atoms with Gasteiger partial charge >= 0.3 is 0 Å². The van der Waals surface area contributed by atoms with E-state index in [2.05, 4.69) is 13.8 Å². The second kappa shape index (κ2) is 4.79. The third-order valence-corrected chi connectivity index (χ3v) is 3.85. The Morgan fingerprint density at radius 3 is 1.88 bits per heavy atom. The van der Waals surface area contributed by atoms with Crippen LogP contribution in [-0.2, 0) is 5.60 Å². The topological polar surface area (TPSA) is 40.5 Å². The lowest BCUT2D eigenvalue weighted by atomic mass is 9.81. The van der Waals surface area contributed by atoms with Crippen molar-refractivity contribution >= 4 is 0 Å². The Balaban J connectivity index is 3.03. The van der Waals surface area contributed by atoms with Gasteiger partial charge in [0.1, 0.15) is 5.60 Å². The van der Waals surface area contributed by atoms with Gasteiger partial charge in [-0.15, -0.1) is 0 Å². The van der Waals surface area contributed by atoms with Crippen LogP contribution in [0, 0.1) is 0 Å². The molecule has 2 heteroatoms. The third-order valence-electron chi connectivity index (χ3n) is 3.85. The highest BCUT2D eigenvalue weighted by Gasteiger charge is 2.39. The van der Waals surface area contributed by atoms with E-state index in [9.17, 15) is 10.2 Å². The molecule has 0 bridgehead atoms. The van der Waals surface area contributed by atoms with Crippen molar-refractivity contribution < 1.29 is 10.2 Å². The van der Waals surface area contributed by atoms with Crippen molar-refractivity contribution in [3.63, 3.8) is 0 Å². The Kier molecular flexibility index (Phi) is 4.00. The van der Waals surface area contributed by atoms with E-state index in [-0.39, 0.29) is 0 Å². The molecule has 0 saturated carbocycles. The average molecular weight is 236 g/mol. The van der Waals surface area contributed by atoms with Gasteiger partial charge in [-0.3, -0.25) is 0 Å². The Bertz CT molecular complexity index is 358. The smallest absolute Gasteiger partial charge is 0.115 e. The molecule has 0 fully saturated rings. The zero-order chi connectivity index (χ0) is 13.3. The lowest BCUT2D eigenvalue weighted by Crippen LogP contribution is -2.44. The monoisotopic (exact) mass is 236 g/mol. The summed E-state index contributed by atoms with van der Waals surface area (Å²) in [7, 11) is 0. The highest BCUT2D eigenvalue weighted by atomic mass is 16.4. The molecule has 0 aliphatic heterocycles. The highest BCUT2D eigenvalue weighted by Crippen LogP contribution is 2.33. The summed E-state index contributed by atoms with van der Waals surface area (Å²) in [6, 6.07) is 7.87. The van der Waals surface area contributed by atoms with Crippen LogP contribution in [0.3, 0.4) is 0 Å². The molecule has 0 amide bonds. The molecule has 0 radical (unpaired) electrons. The fourth-order valence-electron chi connectivity index (χ4n) is 1.73. The van der Waals surface area contributed by atoms with Crippen LogP contribution >= 0.6 is 0 Å². The van der Waals surface area contributed by atoms with E-state index in [0.29, 0.717) is 5.92 Å². The molecule has 0 aromatic heterocycles. The maximum absolute atomic E-state index is 10.4. The minimum atomic E-state index is -1.24. The van der Waals surface area contributed by atoms with E-state index in [4.69, 9.17) is 0 Å². The van der Waals surface area contributed by atoms with Gasteiger partial charge in [-0.25, -0.2) is 0 Å². The van der Waals surface area contributed by atoms with Crippen molar-refractivity contribution in [2.45, 2.75) is 58.2 Å². The summed E-state index contributed by atoms with van der Waals surface area (Å²) in [4.78, 5) is 0. The molecular weight excluding hydrogens is 212 g/mol. The first-order chi connectivity index (χ1) is 7.70. The van der Waals surface area contributed by atoms with Gasteiger partial charge in [-0.05, 0) is 44.2 Å². The molecule has 0 heterocycles. The van der Waals surface area contributed by atoms with Crippen LogP contribution in [0.15, 0.2) is 24.3 Å². The minimum absolute atomic E-state index is 0.524. The standard InChI is InChI=1S/C15H24O2/c1-6-11(2)12-7-9-13(10-8-12)15(5,17)14(3,4)16/h7-11,16-17H,6H2,1-5H3. The van der Waals surface area contributed by atoms with Gasteiger partial charge in [0.05, 0.1) is 5.60 Å². The Hall–Kier alpha value is -0.860. The van der Waals surface area contributed by atoms with E-state index in [1.54, 1.807) is 20.8 Å². The quantitative estimate of drug-likeness (QED) is 0.843. The Labute approximate surface area is 104 Å². The van der Waals surface area contributed by atoms with Gasteiger partial charge in [0, 0.05) is 0 Å². The van der Waals surface area contributed by atoms with E-state index >= 15 is 0 Å². The largest absolute Gasteiger partial charge is 0.387 e. The van der Waals surface area contributed by atoms with Crippen LogP contribution in [0.1, 0.15) is 58.1 Å². The fraction of sp³-hybridized carbons (Fsp3) is 0.600. The molecule has 0 aliphatic rings. The van der Waals surface area contributed by atoms with Crippen LogP contribution < -0.4 is 0 Å². The molecule has 0 aliphatic carbocycles. The van der Waals surface area contributed by atoms with E-state index < -0.39 is 11.2 Å². The van der Waals surface area contributed by atoms with E-state index in [1.165, 1.54) is 5.56 Å². The van der Waals surface area contributed by atoms with Gasteiger partial charge in [0.2, 0.25) is 0 Å². The molecule has 2 unspecified atom stereocenters. The number of benzene rings is 1. The summed E-state index contributed by atoms with van der Waals surface area (Å²) in [6.45, 7) is 9.23. The van der Waals surface area contributed by atoms with Gasteiger partial charge in [-0.2, -0.15) is 0 Å². The zero-order valence-corrected chi connectivity index (χ0v) is 11.5. The van der Waals surface area contributed by atoms with Crippen molar-refractivity contribution in [2.24, 2.45) is 0 Å². The summed E-state index contributed by atoms with van der Waals surface area (Å²) in [5.74, 6) is 0.524. The summed E-state index contributed by atoms with van der Waals surface area (Å²) in [5.41, 5.74) is -0.383. The van der Waals surface area contributed by atoms with E-state index in [0.717, 1.165) is 12.0 Å². The molecule has 1 aromatic carbocycles. The van der Waals surface area contributed by atoms with Crippen LogP contribution in [0.4, 0.5) is 0 Å². The predicted molar refractivity (Wildman–Crippen MR) is 71.0 cm³/mol. The van der Waals surface area contributed by atoms with Crippen LogP contribution in [-0.4, -0.2) is 15.8 Å². The van der Waals surface area contributed by atoms with Crippen molar-refractivity contribution in [2.75, 3.05) is 0 Å². The Morgan fingerprint density at radius 1 is 1.06 bits per heavy atom. The SMILES string of the molecule is CCC(C)c1ccc(C(C)(O)C(C)(C)O)cc1. The summed E-state index contributed by atoms with van der Waals surface area (Å²) in [6.07, 6.45) is 1.10. The van der Waals surface area contributed by atoms with E-state index in [1.807, 2.05) is 24.3 Å². The summed E-state index contributed by atoms with van der Waals surface area (Å²) in [5, 5.41) is 20.3.